The fourth-order valence-electron chi connectivity index (χ4n) is 1.86. The van der Waals surface area contributed by atoms with Crippen LogP contribution in [0.2, 0.25) is 5.02 Å². The van der Waals surface area contributed by atoms with Crippen LogP contribution in [-0.4, -0.2) is 31.2 Å². The third kappa shape index (κ3) is 4.48. The molecule has 0 spiro atoms. The van der Waals surface area contributed by atoms with Crippen molar-refractivity contribution in [2.24, 2.45) is 0 Å². The second-order valence-electron chi connectivity index (χ2n) is 4.57. The quantitative estimate of drug-likeness (QED) is 0.774. The molecule has 2 N–H and O–H groups in total. The molecule has 1 rings (SSSR count). The Bertz CT molecular complexity index is 371. The highest BCUT2D eigenvalue weighted by Gasteiger charge is 2.14. The zero-order chi connectivity index (χ0) is 13.5. The van der Waals surface area contributed by atoms with Crippen molar-refractivity contribution in [3.05, 3.63) is 28.8 Å². The number of ether oxygens (including phenoxy) is 1. The average Bonchev–Trinajstić information content (AvgIpc) is 2.37. The van der Waals surface area contributed by atoms with Crippen LogP contribution in [0.1, 0.15) is 25.8 Å². The van der Waals surface area contributed by atoms with E-state index in [0.29, 0.717) is 6.04 Å². The number of rotatable bonds is 7. The molecular formula is C14H23ClN2O. The largest absolute Gasteiger partial charge is 0.399 e. The topological polar surface area (TPSA) is 38.5 Å². The van der Waals surface area contributed by atoms with Crippen molar-refractivity contribution in [3.63, 3.8) is 0 Å². The van der Waals surface area contributed by atoms with E-state index in [1.807, 2.05) is 18.2 Å². The minimum atomic E-state index is 0.498. The number of nitrogen functional groups attached to an aromatic ring is 1. The number of hydrogen-bond acceptors (Lipinski definition) is 3. The van der Waals surface area contributed by atoms with Gasteiger partial charge in [-0.2, -0.15) is 0 Å². The Hall–Kier alpha value is -0.770. The van der Waals surface area contributed by atoms with Crippen molar-refractivity contribution in [1.29, 1.82) is 0 Å². The number of nitrogens with zero attached hydrogens (tertiary/aromatic N) is 1. The van der Waals surface area contributed by atoms with Gasteiger partial charge >= 0.3 is 0 Å². The highest BCUT2D eigenvalue weighted by Crippen LogP contribution is 2.21. The molecule has 0 aliphatic heterocycles. The monoisotopic (exact) mass is 270 g/mol. The van der Waals surface area contributed by atoms with E-state index < -0.39 is 0 Å². The summed E-state index contributed by atoms with van der Waals surface area (Å²) >= 11 is 6.21. The van der Waals surface area contributed by atoms with Gasteiger partial charge in [-0.3, -0.25) is 4.90 Å². The lowest BCUT2D eigenvalue weighted by Crippen LogP contribution is -2.34. The maximum Gasteiger partial charge on any atom is 0.0589 e. The van der Waals surface area contributed by atoms with Gasteiger partial charge < -0.3 is 10.5 Å². The number of anilines is 1. The van der Waals surface area contributed by atoms with Gasteiger partial charge in [0, 0.05) is 37.0 Å². The van der Waals surface area contributed by atoms with Crippen LogP contribution < -0.4 is 5.73 Å². The third-order valence-electron chi connectivity index (χ3n) is 3.24. The molecule has 0 aliphatic carbocycles. The fraction of sp³-hybridized carbons (Fsp3) is 0.571. The molecule has 1 unspecified atom stereocenters. The lowest BCUT2D eigenvalue weighted by atomic mass is 10.1. The van der Waals surface area contributed by atoms with Crippen molar-refractivity contribution >= 4 is 17.3 Å². The molecule has 1 aromatic carbocycles. The Labute approximate surface area is 115 Å². The highest BCUT2D eigenvalue weighted by molar-refractivity contribution is 6.31. The molecule has 0 aliphatic rings. The lowest BCUT2D eigenvalue weighted by molar-refractivity contribution is 0.118. The highest BCUT2D eigenvalue weighted by atomic mass is 35.5. The Kier molecular flexibility index (Phi) is 6.47. The number of methoxy groups -OCH3 is 1. The summed E-state index contributed by atoms with van der Waals surface area (Å²) in [5.41, 5.74) is 7.64. The van der Waals surface area contributed by atoms with Gasteiger partial charge in [0.15, 0.2) is 0 Å². The maximum atomic E-state index is 6.21. The van der Waals surface area contributed by atoms with Gasteiger partial charge in [-0.25, -0.2) is 0 Å². The molecule has 1 aromatic rings. The van der Waals surface area contributed by atoms with Crippen LogP contribution in [0.25, 0.3) is 0 Å². The first kappa shape index (κ1) is 15.3. The van der Waals surface area contributed by atoms with Gasteiger partial charge in [0.25, 0.3) is 0 Å². The zero-order valence-electron chi connectivity index (χ0n) is 11.4. The summed E-state index contributed by atoms with van der Waals surface area (Å²) in [6.07, 6.45) is 1.10. The molecule has 0 bridgehead atoms. The first-order chi connectivity index (χ1) is 8.58. The molecule has 0 aromatic heterocycles. The van der Waals surface area contributed by atoms with E-state index in [4.69, 9.17) is 22.1 Å². The molecule has 0 heterocycles. The van der Waals surface area contributed by atoms with E-state index in [1.54, 1.807) is 7.11 Å². The van der Waals surface area contributed by atoms with Crippen molar-refractivity contribution in [3.8, 4) is 0 Å². The van der Waals surface area contributed by atoms with Crippen molar-refractivity contribution < 1.29 is 4.74 Å². The first-order valence-corrected chi connectivity index (χ1v) is 6.73. The van der Waals surface area contributed by atoms with E-state index in [2.05, 4.69) is 18.7 Å². The van der Waals surface area contributed by atoms with Gasteiger partial charge in [0.2, 0.25) is 0 Å². The van der Waals surface area contributed by atoms with Crippen LogP contribution in [0, 0.1) is 0 Å². The molecule has 4 heteroatoms. The summed E-state index contributed by atoms with van der Waals surface area (Å²) < 4.78 is 5.16. The molecule has 3 nitrogen and oxygen atoms in total. The fourth-order valence-corrected chi connectivity index (χ4v) is 2.03. The Balaban J connectivity index is 2.77. The van der Waals surface area contributed by atoms with Crippen LogP contribution >= 0.6 is 11.6 Å². The predicted octanol–water partition coefficient (Wildman–Crippen LogP) is 3.17. The van der Waals surface area contributed by atoms with Gasteiger partial charge in [-0.1, -0.05) is 18.5 Å². The van der Waals surface area contributed by atoms with E-state index in [1.165, 1.54) is 0 Å². The van der Waals surface area contributed by atoms with E-state index >= 15 is 0 Å². The first-order valence-electron chi connectivity index (χ1n) is 6.35. The standard InChI is InChI=1S/C14H23ClN2O/c1-4-11(2)17(7-8-18-3)10-12-9-13(16)5-6-14(12)15/h5-6,9,11H,4,7-8,10,16H2,1-3H3. The molecule has 0 radical (unpaired) electrons. The lowest BCUT2D eigenvalue weighted by Gasteiger charge is -2.28. The molecule has 1 atom stereocenters. The van der Waals surface area contributed by atoms with Crippen LogP contribution in [0.15, 0.2) is 18.2 Å². The average molecular weight is 271 g/mol. The van der Waals surface area contributed by atoms with Crippen molar-refractivity contribution in [2.45, 2.75) is 32.9 Å². The van der Waals surface area contributed by atoms with Gasteiger partial charge in [0.05, 0.1) is 6.61 Å². The number of benzene rings is 1. The second kappa shape index (κ2) is 7.62. The van der Waals surface area contributed by atoms with Crippen LogP contribution in [-0.2, 0) is 11.3 Å². The van der Waals surface area contributed by atoms with Crippen molar-refractivity contribution in [1.82, 2.24) is 4.90 Å². The smallest absolute Gasteiger partial charge is 0.0589 e. The second-order valence-corrected chi connectivity index (χ2v) is 4.98. The predicted molar refractivity (Wildman–Crippen MR) is 77.9 cm³/mol. The SMILES string of the molecule is CCC(C)N(CCOC)Cc1cc(N)ccc1Cl. The molecule has 18 heavy (non-hydrogen) atoms. The molecule has 0 saturated carbocycles. The molecular weight excluding hydrogens is 248 g/mol. The number of nitrogens with two attached hydrogens (primary N) is 1. The summed E-state index contributed by atoms with van der Waals surface area (Å²) in [6.45, 7) is 6.84. The van der Waals surface area contributed by atoms with Gasteiger partial charge in [0.1, 0.15) is 0 Å². The summed E-state index contributed by atoms with van der Waals surface area (Å²) in [7, 11) is 1.72. The summed E-state index contributed by atoms with van der Waals surface area (Å²) in [4.78, 5) is 2.37. The van der Waals surface area contributed by atoms with E-state index in [0.717, 1.165) is 42.4 Å². The maximum absolute atomic E-state index is 6.21. The van der Waals surface area contributed by atoms with Gasteiger partial charge in [-0.15, -0.1) is 0 Å². The molecule has 102 valence electrons. The Morgan fingerprint density at radius 1 is 1.44 bits per heavy atom. The number of halogens is 1. The van der Waals surface area contributed by atoms with Crippen LogP contribution in [0.3, 0.4) is 0 Å². The van der Waals surface area contributed by atoms with Crippen LogP contribution in [0.4, 0.5) is 5.69 Å². The molecule has 0 amide bonds. The Morgan fingerprint density at radius 3 is 2.78 bits per heavy atom. The summed E-state index contributed by atoms with van der Waals surface area (Å²) in [5.74, 6) is 0. The van der Waals surface area contributed by atoms with Crippen molar-refractivity contribution in [2.75, 3.05) is 26.0 Å². The van der Waals surface area contributed by atoms with E-state index in [-0.39, 0.29) is 0 Å². The minimum Gasteiger partial charge on any atom is -0.399 e. The van der Waals surface area contributed by atoms with Crippen LogP contribution in [0.5, 0.6) is 0 Å². The third-order valence-corrected chi connectivity index (χ3v) is 3.61. The normalized spacial score (nSPS) is 12.9. The van der Waals surface area contributed by atoms with Gasteiger partial charge in [-0.05, 0) is 37.1 Å². The summed E-state index contributed by atoms with van der Waals surface area (Å²) in [5, 5.41) is 0.773. The molecule has 0 saturated heterocycles. The molecule has 0 fully saturated rings. The summed E-state index contributed by atoms with van der Waals surface area (Å²) in [6, 6.07) is 6.13. The zero-order valence-corrected chi connectivity index (χ0v) is 12.2. The Morgan fingerprint density at radius 2 is 2.17 bits per heavy atom. The minimum absolute atomic E-state index is 0.498. The number of hydrogen-bond donors (Lipinski definition) is 1. The van der Waals surface area contributed by atoms with E-state index in [9.17, 15) is 0 Å².